The molecule has 13 heavy (non-hydrogen) atoms. The largest absolute Gasteiger partial charge is 0.207 e. The van der Waals surface area contributed by atoms with Gasteiger partial charge in [-0.15, -0.1) is 11.6 Å². The topological polar surface area (TPSA) is 0 Å². The highest BCUT2D eigenvalue weighted by Crippen LogP contribution is 2.45. The number of halogens is 3. The maximum absolute atomic E-state index is 13.2. The van der Waals surface area contributed by atoms with Gasteiger partial charge in [-0.2, -0.15) is 0 Å². The molecule has 1 saturated carbocycles. The molecule has 1 atom stereocenters. The standard InChI is InChI=1S/C10H9ClF2/c11-10(6-1-2-6)8-4-3-7(12)5-9(8)13/h3-6,10H,1-2H2. The van der Waals surface area contributed by atoms with Gasteiger partial charge >= 0.3 is 0 Å². The van der Waals surface area contributed by atoms with Gasteiger partial charge in [0.25, 0.3) is 0 Å². The van der Waals surface area contributed by atoms with E-state index in [-0.39, 0.29) is 5.38 Å². The van der Waals surface area contributed by atoms with E-state index in [0.29, 0.717) is 11.5 Å². The van der Waals surface area contributed by atoms with Gasteiger partial charge in [0.05, 0.1) is 5.38 Å². The Morgan fingerprint density at radius 2 is 2.00 bits per heavy atom. The SMILES string of the molecule is Fc1ccc(C(Cl)C2CC2)c(F)c1. The van der Waals surface area contributed by atoms with E-state index in [1.54, 1.807) is 0 Å². The lowest BCUT2D eigenvalue weighted by Gasteiger charge is -2.08. The molecule has 2 rings (SSSR count). The molecule has 0 heterocycles. The lowest BCUT2D eigenvalue weighted by Crippen LogP contribution is -1.97. The predicted molar refractivity (Wildman–Crippen MR) is 47.7 cm³/mol. The molecule has 1 fully saturated rings. The molecule has 0 saturated heterocycles. The Labute approximate surface area is 80.5 Å². The summed E-state index contributed by atoms with van der Waals surface area (Å²) in [6.07, 6.45) is 2.09. The van der Waals surface area contributed by atoms with Crippen molar-refractivity contribution >= 4 is 11.6 Å². The van der Waals surface area contributed by atoms with E-state index in [1.807, 2.05) is 0 Å². The molecule has 0 radical (unpaired) electrons. The Morgan fingerprint density at radius 3 is 2.54 bits per heavy atom. The molecular weight excluding hydrogens is 194 g/mol. The molecule has 1 aromatic carbocycles. The van der Waals surface area contributed by atoms with Crippen LogP contribution in [-0.4, -0.2) is 0 Å². The molecular formula is C10H9ClF2. The first-order valence-corrected chi connectivity index (χ1v) is 4.71. The average Bonchev–Trinajstić information content (AvgIpc) is 2.85. The molecule has 1 aliphatic carbocycles. The van der Waals surface area contributed by atoms with Crippen molar-refractivity contribution in [3.8, 4) is 0 Å². The van der Waals surface area contributed by atoms with E-state index in [9.17, 15) is 8.78 Å². The third-order valence-corrected chi connectivity index (χ3v) is 2.89. The second kappa shape index (κ2) is 3.26. The Kier molecular flexibility index (Phi) is 2.24. The summed E-state index contributed by atoms with van der Waals surface area (Å²) in [4.78, 5) is 0. The third-order valence-electron chi connectivity index (χ3n) is 2.30. The van der Waals surface area contributed by atoms with Gasteiger partial charge in [-0.1, -0.05) is 6.07 Å². The minimum atomic E-state index is -0.555. The summed E-state index contributed by atoms with van der Waals surface area (Å²) in [6.45, 7) is 0. The quantitative estimate of drug-likeness (QED) is 0.643. The van der Waals surface area contributed by atoms with Crippen LogP contribution >= 0.6 is 11.6 Å². The molecule has 1 aromatic rings. The minimum absolute atomic E-state index is 0.291. The fraction of sp³-hybridized carbons (Fsp3) is 0.400. The highest BCUT2D eigenvalue weighted by atomic mass is 35.5. The van der Waals surface area contributed by atoms with Crippen molar-refractivity contribution in [2.24, 2.45) is 5.92 Å². The Hall–Kier alpha value is -0.630. The fourth-order valence-electron chi connectivity index (χ4n) is 1.37. The van der Waals surface area contributed by atoms with Crippen LogP contribution in [0.4, 0.5) is 8.78 Å². The zero-order valence-electron chi connectivity index (χ0n) is 6.93. The van der Waals surface area contributed by atoms with Gasteiger partial charge in [0.2, 0.25) is 0 Å². The van der Waals surface area contributed by atoms with Crippen LogP contribution < -0.4 is 0 Å². The van der Waals surface area contributed by atoms with Crippen LogP contribution in [-0.2, 0) is 0 Å². The minimum Gasteiger partial charge on any atom is -0.207 e. The van der Waals surface area contributed by atoms with Crippen LogP contribution in [0.1, 0.15) is 23.8 Å². The average molecular weight is 203 g/mol. The van der Waals surface area contributed by atoms with Gasteiger partial charge in [0.15, 0.2) is 0 Å². The normalized spacial score (nSPS) is 18.7. The number of hydrogen-bond acceptors (Lipinski definition) is 0. The van der Waals surface area contributed by atoms with Gasteiger partial charge in [-0.25, -0.2) is 8.78 Å². The van der Waals surface area contributed by atoms with Gasteiger partial charge in [-0.05, 0) is 24.8 Å². The molecule has 1 unspecified atom stereocenters. The first-order chi connectivity index (χ1) is 6.18. The van der Waals surface area contributed by atoms with E-state index in [0.717, 1.165) is 18.9 Å². The molecule has 0 aliphatic heterocycles. The second-order valence-corrected chi connectivity index (χ2v) is 3.88. The van der Waals surface area contributed by atoms with Crippen LogP contribution in [0.25, 0.3) is 0 Å². The summed E-state index contributed by atoms with van der Waals surface area (Å²) in [6, 6.07) is 3.56. The summed E-state index contributed by atoms with van der Waals surface area (Å²) in [5, 5.41) is -0.291. The number of benzene rings is 1. The van der Waals surface area contributed by atoms with Gasteiger partial charge in [-0.3, -0.25) is 0 Å². The monoisotopic (exact) mass is 202 g/mol. The lowest BCUT2D eigenvalue weighted by atomic mass is 10.1. The van der Waals surface area contributed by atoms with Crippen molar-refractivity contribution in [2.75, 3.05) is 0 Å². The number of alkyl halides is 1. The van der Waals surface area contributed by atoms with Crippen molar-refractivity contribution in [3.63, 3.8) is 0 Å². The molecule has 0 nitrogen and oxygen atoms in total. The Bertz CT molecular complexity index is 321. The van der Waals surface area contributed by atoms with Crippen molar-refractivity contribution in [2.45, 2.75) is 18.2 Å². The summed E-state index contributed by atoms with van der Waals surface area (Å²) in [7, 11) is 0. The molecule has 0 spiro atoms. The van der Waals surface area contributed by atoms with Crippen LogP contribution in [0, 0.1) is 17.6 Å². The van der Waals surface area contributed by atoms with Crippen molar-refractivity contribution in [1.29, 1.82) is 0 Å². The fourth-order valence-corrected chi connectivity index (χ4v) is 1.80. The zero-order chi connectivity index (χ0) is 9.42. The summed E-state index contributed by atoms with van der Waals surface area (Å²) in [5.74, 6) is -0.713. The number of hydrogen-bond donors (Lipinski definition) is 0. The summed E-state index contributed by atoms with van der Waals surface area (Å²) in [5.41, 5.74) is 0.422. The number of rotatable bonds is 2. The Balaban J connectivity index is 2.28. The summed E-state index contributed by atoms with van der Waals surface area (Å²) >= 11 is 6.00. The maximum atomic E-state index is 13.2. The van der Waals surface area contributed by atoms with Crippen molar-refractivity contribution < 1.29 is 8.78 Å². The Morgan fingerprint density at radius 1 is 1.31 bits per heavy atom. The molecule has 0 bridgehead atoms. The van der Waals surface area contributed by atoms with E-state index in [4.69, 9.17) is 11.6 Å². The van der Waals surface area contributed by atoms with E-state index < -0.39 is 11.6 Å². The van der Waals surface area contributed by atoms with Crippen LogP contribution in [0.15, 0.2) is 18.2 Å². The molecule has 0 aromatic heterocycles. The molecule has 3 heteroatoms. The van der Waals surface area contributed by atoms with E-state index >= 15 is 0 Å². The van der Waals surface area contributed by atoms with Crippen molar-refractivity contribution in [1.82, 2.24) is 0 Å². The third kappa shape index (κ3) is 1.83. The second-order valence-electron chi connectivity index (χ2n) is 3.41. The van der Waals surface area contributed by atoms with Crippen molar-refractivity contribution in [3.05, 3.63) is 35.4 Å². The van der Waals surface area contributed by atoms with Crippen LogP contribution in [0.3, 0.4) is 0 Å². The molecule has 0 N–H and O–H groups in total. The molecule has 1 aliphatic rings. The predicted octanol–water partition coefficient (Wildman–Crippen LogP) is 3.65. The van der Waals surface area contributed by atoms with Crippen LogP contribution in [0.2, 0.25) is 0 Å². The highest BCUT2D eigenvalue weighted by Gasteiger charge is 2.32. The van der Waals surface area contributed by atoms with Gasteiger partial charge < -0.3 is 0 Å². The van der Waals surface area contributed by atoms with Gasteiger partial charge in [0, 0.05) is 11.6 Å². The van der Waals surface area contributed by atoms with E-state index in [2.05, 4.69) is 0 Å². The van der Waals surface area contributed by atoms with E-state index in [1.165, 1.54) is 12.1 Å². The van der Waals surface area contributed by atoms with Crippen LogP contribution in [0.5, 0.6) is 0 Å². The smallest absolute Gasteiger partial charge is 0.130 e. The maximum Gasteiger partial charge on any atom is 0.130 e. The highest BCUT2D eigenvalue weighted by molar-refractivity contribution is 6.21. The first kappa shape index (κ1) is 8.95. The lowest BCUT2D eigenvalue weighted by molar-refractivity contribution is 0.565. The zero-order valence-corrected chi connectivity index (χ0v) is 7.69. The summed E-state index contributed by atoms with van der Waals surface area (Å²) < 4.78 is 25.7. The molecule has 0 amide bonds. The van der Waals surface area contributed by atoms with Gasteiger partial charge in [0.1, 0.15) is 11.6 Å². The molecule has 70 valence electrons. The first-order valence-electron chi connectivity index (χ1n) is 4.27.